The number of piperidine rings is 1. The van der Waals surface area contributed by atoms with Crippen LogP contribution in [0.3, 0.4) is 0 Å². The number of rotatable bonds is 10. The molecule has 4 heterocycles. The minimum atomic E-state index is -0.274. The maximum Gasteiger partial charge on any atom is 0.255 e. The Morgan fingerprint density at radius 1 is 0.900 bits per heavy atom. The lowest BCUT2D eigenvalue weighted by molar-refractivity contribution is 0.0785. The molecule has 3 aliphatic rings. The van der Waals surface area contributed by atoms with Crippen molar-refractivity contribution in [3.8, 4) is 11.1 Å². The van der Waals surface area contributed by atoms with Crippen LogP contribution in [0, 0.1) is 5.92 Å². The molecule has 2 unspecified atom stereocenters. The van der Waals surface area contributed by atoms with Gasteiger partial charge in [-0.3, -0.25) is 14.6 Å². The summed E-state index contributed by atoms with van der Waals surface area (Å²) < 4.78 is 0. The van der Waals surface area contributed by atoms with E-state index in [9.17, 15) is 9.59 Å². The molecule has 3 aliphatic heterocycles. The van der Waals surface area contributed by atoms with Crippen LogP contribution < -0.4 is 16.4 Å². The molecule has 10 nitrogen and oxygen atoms in total. The number of fused-ring (bicyclic) bond motifs is 1. The van der Waals surface area contributed by atoms with Crippen LogP contribution in [0.25, 0.3) is 21.9 Å². The normalized spacial score (nSPS) is 19.8. The van der Waals surface area contributed by atoms with Crippen LogP contribution in [0.5, 0.6) is 0 Å². The predicted octanol–water partition coefficient (Wildman–Crippen LogP) is 4.96. The molecular weight excluding hydrogens is 624 g/mol. The third kappa shape index (κ3) is 7.51. The summed E-state index contributed by atoms with van der Waals surface area (Å²) in [6.45, 7) is 6.07. The second-order valence-corrected chi connectivity index (χ2v) is 14.2. The molecule has 0 bridgehead atoms. The zero-order valence-corrected chi connectivity index (χ0v) is 29.1. The van der Waals surface area contributed by atoms with Crippen LogP contribution in [0.2, 0.25) is 0 Å². The van der Waals surface area contributed by atoms with Gasteiger partial charge in [0.15, 0.2) is 0 Å². The van der Waals surface area contributed by atoms with Gasteiger partial charge in [-0.2, -0.15) is 5.10 Å². The first-order valence-electron chi connectivity index (χ1n) is 17.9. The van der Waals surface area contributed by atoms with Gasteiger partial charge < -0.3 is 26.2 Å². The molecule has 2 saturated heterocycles. The molecule has 3 aromatic carbocycles. The highest BCUT2D eigenvalue weighted by atomic mass is 16.2. The van der Waals surface area contributed by atoms with Crippen LogP contribution >= 0.6 is 0 Å². The van der Waals surface area contributed by atoms with E-state index in [0.29, 0.717) is 30.6 Å². The summed E-state index contributed by atoms with van der Waals surface area (Å²) in [4.78, 5) is 35.8. The number of carbonyl (C=O) groups excluding carboxylic acids is 2. The van der Waals surface area contributed by atoms with Gasteiger partial charge in [-0.05, 0) is 103 Å². The average molecular weight is 673 g/mol. The zero-order chi connectivity index (χ0) is 34.6. The minimum Gasteiger partial charge on any atom is -0.383 e. The number of likely N-dealkylation sites (tertiary alicyclic amines) is 2. The number of pyridine rings is 1. The van der Waals surface area contributed by atoms with Crippen LogP contribution in [-0.4, -0.2) is 97.2 Å². The Morgan fingerprint density at radius 2 is 1.68 bits per heavy atom. The molecule has 7 rings (SSSR count). The van der Waals surface area contributed by atoms with E-state index in [1.807, 2.05) is 53.5 Å². The Hall–Kier alpha value is -4.80. The summed E-state index contributed by atoms with van der Waals surface area (Å²) in [5.41, 5.74) is 11.6. The van der Waals surface area contributed by atoms with Gasteiger partial charge in [-0.15, -0.1) is 0 Å². The van der Waals surface area contributed by atoms with E-state index < -0.39 is 0 Å². The van der Waals surface area contributed by atoms with Gasteiger partial charge in [0.25, 0.3) is 11.8 Å². The number of nitrogens with two attached hydrogens (primary N) is 1. The number of nitrogens with zero attached hydrogens (tertiary/aromatic N) is 5. The van der Waals surface area contributed by atoms with Gasteiger partial charge in [-0.1, -0.05) is 54.6 Å². The topological polar surface area (TPSA) is 119 Å². The number of likely N-dealkylation sites (N-methyl/N-ethyl adjacent to an activating group) is 1. The van der Waals surface area contributed by atoms with Crippen LogP contribution in [0.1, 0.15) is 63.4 Å². The number of aromatic nitrogens is 1. The number of nitrogen functional groups attached to an aromatic ring is 1. The van der Waals surface area contributed by atoms with Crippen molar-refractivity contribution in [3.63, 3.8) is 0 Å². The van der Waals surface area contributed by atoms with Crippen molar-refractivity contribution in [2.24, 2.45) is 11.0 Å². The Bertz CT molecular complexity index is 1870. The van der Waals surface area contributed by atoms with Gasteiger partial charge in [0, 0.05) is 63.2 Å². The molecule has 4 N–H and O–H groups in total. The minimum absolute atomic E-state index is 0.0287. The lowest BCUT2D eigenvalue weighted by Crippen LogP contribution is -2.39. The number of anilines is 1. The van der Waals surface area contributed by atoms with E-state index in [0.717, 1.165) is 53.0 Å². The van der Waals surface area contributed by atoms with Gasteiger partial charge in [-0.25, -0.2) is 4.98 Å². The van der Waals surface area contributed by atoms with E-state index >= 15 is 0 Å². The fraction of sp³-hybridized carbons (Fsp3) is 0.400. The Morgan fingerprint density at radius 3 is 2.46 bits per heavy atom. The third-order valence-electron chi connectivity index (χ3n) is 10.6. The van der Waals surface area contributed by atoms with Gasteiger partial charge in [0.2, 0.25) is 0 Å². The lowest BCUT2D eigenvalue weighted by Gasteiger charge is -2.28. The van der Waals surface area contributed by atoms with E-state index in [4.69, 9.17) is 5.73 Å². The van der Waals surface area contributed by atoms with Crippen molar-refractivity contribution in [2.45, 2.75) is 44.2 Å². The van der Waals surface area contributed by atoms with Crippen molar-refractivity contribution in [2.75, 3.05) is 59.1 Å². The molecule has 0 spiro atoms. The molecule has 2 amide bonds. The van der Waals surface area contributed by atoms with Gasteiger partial charge in [0.1, 0.15) is 5.82 Å². The number of hydrazone groups is 1. The molecule has 0 radical (unpaired) electrons. The van der Waals surface area contributed by atoms with Crippen molar-refractivity contribution in [1.82, 2.24) is 30.4 Å². The number of nitrogens with one attached hydrogen (secondary N) is 2. The maximum atomic E-state index is 13.9. The van der Waals surface area contributed by atoms with E-state index in [1.165, 1.54) is 37.9 Å². The Balaban J connectivity index is 0.976. The van der Waals surface area contributed by atoms with Gasteiger partial charge >= 0.3 is 0 Å². The third-order valence-corrected chi connectivity index (χ3v) is 10.6. The lowest BCUT2D eigenvalue weighted by atomic mass is 9.94. The molecule has 0 aliphatic carbocycles. The Labute approximate surface area is 294 Å². The van der Waals surface area contributed by atoms with Crippen LogP contribution in [-0.2, 0) is 6.54 Å². The number of hydrogen-bond donors (Lipinski definition) is 3. The number of carbonyl (C=O) groups is 2. The SMILES string of the molecule is CN1CCC(CCNCc2ccc(-c3cccc4c(C(=O)N5CCC(NC(=O)c6cc(C7C=NN(C)C7)cnc6N)C5)cccc34)cc2)CC1. The van der Waals surface area contributed by atoms with Crippen molar-refractivity contribution in [1.29, 1.82) is 0 Å². The molecule has 4 aromatic rings. The molecule has 50 heavy (non-hydrogen) atoms. The molecule has 2 fully saturated rings. The van der Waals surface area contributed by atoms with E-state index in [2.05, 4.69) is 69.1 Å². The first-order chi connectivity index (χ1) is 24.3. The van der Waals surface area contributed by atoms with Crippen LogP contribution in [0.15, 0.2) is 78.0 Å². The molecule has 1 aromatic heterocycles. The molecule has 260 valence electrons. The fourth-order valence-corrected chi connectivity index (χ4v) is 7.58. The zero-order valence-electron chi connectivity index (χ0n) is 29.1. The summed E-state index contributed by atoms with van der Waals surface area (Å²) >= 11 is 0. The van der Waals surface area contributed by atoms with Gasteiger partial charge in [0.05, 0.1) is 5.56 Å². The summed E-state index contributed by atoms with van der Waals surface area (Å²) in [7, 11) is 4.13. The number of hydrogen-bond acceptors (Lipinski definition) is 8. The smallest absolute Gasteiger partial charge is 0.255 e. The number of amides is 2. The van der Waals surface area contributed by atoms with Crippen molar-refractivity contribution in [3.05, 3.63) is 95.2 Å². The van der Waals surface area contributed by atoms with E-state index in [-0.39, 0.29) is 29.6 Å². The molecule has 2 atom stereocenters. The highest BCUT2D eigenvalue weighted by molar-refractivity contribution is 6.10. The fourth-order valence-electron chi connectivity index (χ4n) is 7.58. The molecular formula is C40H48N8O2. The first-order valence-corrected chi connectivity index (χ1v) is 17.9. The highest BCUT2D eigenvalue weighted by Gasteiger charge is 2.30. The quantitative estimate of drug-likeness (QED) is 0.204. The number of benzene rings is 3. The second kappa shape index (κ2) is 15.0. The average Bonchev–Trinajstić information content (AvgIpc) is 3.79. The second-order valence-electron chi connectivity index (χ2n) is 14.2. The predicted molar refractivity (Wildman–Crippen MR) is 200 cm³/mol. The van der Waals surface area contributed by atoms with E-state index in [1.54, 1.807) is 6.20 Å². The highest BCUT2D eigenvalue weighted by Crippen LogP contribution is 2.32. The molecule has 0 saturated carbocycles. The summed E-state index contributed by atoms with van der Waals surface area (Å²) in [6.07, 6.45) is 8.09. The summed E-state index contributed by atoms with van der Waals surface area (Å²) in [5, 5.41) is 14.9. The van der Waals surface area contributed by atoms with Crippen molar-refractivity contribution >= 4 is 34.6 Å². The van der Waals surface area contributed by atoms with Crippen LogP contribution in [0.4, 0.5) is 5.82 Å². The maximum absolute atomic E-state index is 13.9. The largest absolute Gasteiger partial charge is 0.383 e. The monoisotopic (exact) mass is 672 g/mol. The molecule has 10 heteroatoms. The summed E-state index contributed by atoms with van der Waals surface area (Å²) in [6, 6.07) is 22.5. The van der Waals surface area contributed by atoms with Crippen molar-refractivity contribution < 1.29 is 9.59 Å². The first kappa shape index (κ1) is 33.7. The Kier molecular flexibility index (Phi) is 10.1. The summed E-state index contributed by atoms with van der Waals surface area (Å²) in [5.74, 6) is 0.786. The standard InChI is InChI=1S/C40H48N8O2/c1-46-18-14-27(15-19-46)13-17-42-22-28-9-11-29(12-10-28)33-5-3-7-35-34(33)6-4-8-36(35)40(50)48-20-16-32(26-48)45-39(49)37-21-30(23-43-38(37)41)31-24-44-47(2)25-31/h3-12,21,23-24,27,31-32,42H,13-20,22,25-26H2,1-2H3,(H2,41,43)(H,45,49).